The molecule has 2 rings (SSSR count). The molecule has 0 heterocycles. The normalized spacial score (nSPS) is 10.5. The van der Waals surface area contributed by atoms with Gasteiger partial charge in [-0.05, 0) is 50.2 Å². The zero-order valence-corrected chi connectivity index (χ0v) is 14.8. The van der Waals surface area contributed by atoms with E-state index in [2.05, 4.69) is 25.2 Å². The summed E-state index contributed by atoms with van der Waals surface area (Å²) >= 11 is 0. The molecule has 0 aromatic heterocycles. The molecule has 0 saturated heterocycles. The predicted octanol–water partition coefficient (Wildman–Crippen LogP) is 3.96. The molecule has 0 radical (unpaired) electrons. The average molecular weight is 329 g/mol. The topological polar surface area (TPSA) is 39.7 Å². The van der Waals surface area contributed by atoms with Crippen molar-refractivity contribution in [1.82, 2.24) is 5.32 Å². The van der Waals surface area contributed by atoms with Crippen LogP contribution in [-0.4, -0.2) is 26.4 Å². The second kappa shape index (κ2) is 9.83. The van der Waals surface area contributed by atoms with E-state index in [1.165, 1.54) is 11.1 Å². The van der Waals surface area contributed by atoms with E-state index in [4.69, 9.17) is 14.2 Å². The average Bonchev–Trinajstić information content (AvgIpc) is 2.60. The maximum absolute atomic E-state index is 5.82. The molecule has 1 N–H and O–H groups in total. The molecular formula is C20H27NO3. The van der Waals surface area contributed by atoms with Crippen LogP contribution in [0.15, 0.2) is 42.5 Å². The fourth-order valence-corrected chi connectivity index (χ4v) is 2.26. The minimum Gasteiger partial charge on any atom is -0.490 e. The van der Waals surface area contributed by atoms with Crippen molar-refractivity contribution in [2.24, 2.45) is 0 Å². The number of aryl methyl sites for hydroxylation is 1. The van der Waals surface area contributed by atoms with E-state index in [-0.39, 0.29) is 0 Å². The molecule has 2 aromatic rings. The van der Waals surface area contributed by atoms with E-state index in [0.29, 0.717) is 19.8 Å². The largest absolute Gasteiger partial charge is 0.490 e. The van der Waals surface area contributed by atoms with E-state index < -0.39 is 0 Å². The van der Waals surface area contributed by atoms with Crippen molar-refractivity contribution in [3.05, 3.63) is 53.6 Å². The Labute approximate surface area is 144 Å². The van der Waals surface area contributed by atoms with E-state index in [0.717, 1.165) is 30.3 Å². The first-order chi connectivity index (χ1) is 11.7. The molecule has 0 fully saturated rings. The minimum absolute atomic E-state index is 0.473. The van der Waals surface area contributed by atoms with E-state index in [1.807, 2.05) is 43.3 Å². The number of rotatable bonds is 10. The lowest BCUT2D eigenvalue weighted by Gasteiger charge is -2.14. The Kier molecular flexibility index (Phi) is 7.43. The van der Waals surface area contributed by atoms with Gasteiger partial charge in [0.2, 0.25) is 0 Å². The molecule has 130 valence electrons. The Hall–Kier alpha value is -2.20. The Morgan fingerprint density at radius 3 is 2.29 bits per heavy atom. The summed E-state index contributed by atoms with van der Waals surface area (Å²) in [5.74, 6) is 2.39. The van der Waals surface area contributed by atoms with Crippen LogP contribution in [-0.2, 0) is 6.54 Å². The first-order valence-corrected chi connectivity index (χ1v) is 8.51. The smallest absolute Gasteiger partial charge is 0.161 e. The highest BCUT2D eigenvalue weighted by Gasteiger charge is 2.06. The molecule has 0 amide bonds. The third kappa shape index (κ3) is 5.78. The van der Waals surface area contributed by atoms with Crippen LogP contribution in [0.25, 0.3) is 0 Å². The van der Waals surface area contributed by atoms with Gasteiger partial charge >= 0.3 is 0 Å². The zero-order chi connectivity index (χ0) is 17.2. The maximum Gasteiger partial charge on any atom is 0.161 e. The van der Waals surface area contributed by atoms with Crippen LogP contribution in [0.3, 0.4) is 0 Å². The molecule has 24 heavy (non-hydrogen) atoms. The molecule has 2 aromatic carbocycles. The van der Waals surface area contributed by atoms with Crippen molar-refractivity contribution in [2.75, 3.05) is 26.4 Å². The lowest BCUT2D eigenvalue weighted by Crippen LogP contribution is -2.12. The zero-order valence-electron chi connectivity index (χ0n) is 14.8. The van der Waals surface area contributed by atoms with Gasteiger partial charge in [0.25, 0.3) is 0 Å². The summed E-state index contributed by atoms with van der Waals surface area (Å²) in [5.41, 5.74) is 2.40. The standard InChI is InChI=1S/C20H27NO3/c1-4-21-15-17-8-11-19(20(14-17)22-5-2)24-13-12-23-18-9-6-16(3)7-10-18/h6-11,14,21H,4-5,12-13,15H2,1-3H3. The molecule has 0 unspecified atom stereocenters. The second-order valence-electron chi connectivity index (χ2n) is 5.50. The highest BCUT2D eigenvalue weighted by Crippen LogP contribution is 2.28. The van der Waals surface area contributed by atoms with Gasteiger partial charge in [-0.25, -0.2) is 0 Å². The van der Waals surface area contributed by atoms with Crippen LogP contribution in [0.4, 0.5) is 0 Å². The lowest BCUT2D eigenvalue weighted by atomic mass is 10.2. The van der Waals surface area contributed by atoms with Crippen LogP contribution in [0.1, 0.15) is 25.0 Å². The number of benzene rings is 2. The predicted molar refractivity (Wildman–Crippen MR) is 97.2 cm³/mol. The van der Waals surface area contributed by atoms with Crippen molar-refractivity contribution in [3.8, 4) is 17.2 Å². The quantitative estimate of drug-likeness (QED) is 0.670. The van der Waals surface area contributed by atoms with Crippen molar-refractivity contribution >= 4 is 0 Å². The van der Waals surface area contributed by atoms with Crippen LogP contribution in [0.5, 0.6) is 17.2 Å². The number of nitrogens with one attached hydrogen (secondary N) is 1. The van der Waals surface area contributed by atoms with Gasteiger partial charge in [0.1, 0.15) is 19.0 Å². The van der Waals surface area contributed by atoms with Crippen molar-refractivity contribution in [3.63, 3.8) is 0 Å². The van der Waals surface area contributed by atoms with Gasteiger partial charge in [-0.3, -0.25) is 0 Å². The molecular weight excluding hydrogens is 302 g/mol. The molecule has 0 aliphatic carbocycles. The first kappa shape index (κ1) is 18.1. The van der Waals surface area contributed by atoms with Crippen LogP contribution in [0.2, 0.25) is 0 Å². The summed E-state index contributed by atoms with van der Waals surface area (Å²) in [6.07, 6.45) is 0. The molecule has 0 atom stereocenters. The van der Waals surface area contributed by atoms with Gasteiger partial charge < -0.3 is 19.5 Å². The fourth-order valence-electron chi connectivity index (χ4n) is 2.26. The van der Waals surface area contributed by atoms with Crippen molar-refractivity contribution in [1.29, 1.82) is 0 Å². The van der Waals surface area contributed by atoms with E-state index in [9.17, 15) is 0 Å². The first-order valence-electron chi connectivity index (χ1n) is 8.51. The maximum atomic E-state index is 5.82. The highest BCUT2D eigenvalue weighted by molar-refractivity contribution is 5.43. The molecule has 0 bridgehead atoms. The minimum atomic E-state index is 0.473. The van der Waals surface area contributed by atoms with Gasteiger partial charge in [0.05, 0.1) is 6.61 Å². The fraction of sp³-hybridized carbons (Fsp3) is 0.400. The van der Waals surface area contributed by atoms with Crippen molar-refractivity contribution < 1.29 is 14.2 Å². The van der Waals surface area contributed by atoms with Gasteiger partial charge in [0.15, 0.2) is 11.5 Å². The third-order valence-electron chi connectivity index (χ3n) is 3.52. The number of hydrogen-bond acceptors (Lipinski definition) is 4. The molecule has 0 aliphatic rings. The Balaban J connectivity index is 1.87. The van der Waals surface area contributed by atoms with Gasteiger partial charge in [-0.15, -0.1) is 0 Å². The lowest BCUT2D eigenvalue weighted by molar-refractivity contribution is 0.208. The molecule has 0 saturated carbocycles. The SMILES string of the molecule is CCNCc1ccc(OCCOc2ccc(C)cc2)c(OCC)c1. The monoisotopic (exact) mass is 329 g/mol. The van der Waals surface area contributed by atoms with Gasteiger partial charge in [-0.2, -0.15) is 0 Å². The molecule has 0 spiro atoms. The summed E-state index contributed by atoms with van der Waals surface area (Å²) in [6, 6.07) is 14.1. The van der Waals surface area contributed by atoms with Gasteiger partial charge in [0, 0.05) is 6.54 Å². The van der Waals surface area contributed by atoms with E-state index in [1.54, 1.807) is 0 Å². The third-order valence-corrected chi connectivity index (χ3v) is 3.52. The Bertz CT molecular complexity index is 611. The summed E-state index contributed by atoms with van der Waals surface area (Å²) < 4.78 is 17.2. The summed E-state index contributed by atoms with van der Waals surface area (Å²) in [5, 5.41) is 3.31. The Morgan fingerprint density at radius 1 is 0.833 bits per heavy atom. The summed E-state index contributed by atoms with van der Waals surface area (Å²) in [6.45, 7) is 9.47. The van der Waals surface area contributed by atoms with Crippen LogP contribution >= 0.6 is 0 Å². The molecule has 4 nitrogen and oxygen atoms in total. The number of ether oxygens (including phenoxy) is 3. The second-order valence-corrected chi connectivity index (χ2v) is 5.50. The molecule has 0 aliphatic heterocycles. The van der Waals surface area contributed by atoms with Crippen LogP contribution in [0, 0.1) is 6.92 Å². The van der Waals surface area contributed by atoms with E-state index >= 15 is 0 Å². The van der Waals surface area contributed by atoms with Gasteiger partial charge in [-0.1, -0.05) is 30.7 Å². The summed E-state index contributed by atoms with van der Waals surface area (Å²) in [7, 11) is 0. The van der Waals surface area contributed by atoms with Crippen LogP contribution < -0.4 is 19.5 Å². The van der Waals surface area contributed by atoms with Crippen molar-refractivity contribution in [2.45, 2.75) is 27.3 Å². The number of hydrogen-bond donors (Lipinski definition) is 1. The summed E-state index contributed by atoms with van der Waals surface area (Å²) in [4.78, 5) is 0. The molecule has 4 heteroatoms. The highest BCUT2D eigenvalue weighted by atomic mass is 16.5. The Morgan fingerprint density at radius 2 is 1.58 bits per heavy atom.